The van der Waals surface area contributed by atoms with Gasteiger partial charge in [-0.2, -0.15) is 0 Å². The van der Waals surface area contributed by atoms with Crippen LogP contribution in [0.1, 0.15) is 259 Å². The van der Waals surface area contributed by atoms with E-state index in [4.69, 9.17) is 14.2 Å². The maximum Gasteiger partial charge on any atom is 0.306 e. The van der Waals surface area contributed by atoms with Gasteiger partial charge in [0.2, 0.25) is 0 Å². The Morgan fingerprint density at radius 1 is 0.352 bits per heavy atom. The Bertz CT molecular complexity index is 824. The number of ether oxygens (including phenoxy) is 3. The van der Waals surface area contributed by atoms with Gasteiger partial charge < -0.3 is 14.2 Å². The molecule has 0 radical (unpaired) electrons. The molecule has 54 heavy (non-hydrogen) atoms. The number of esters is 3. The molecule has 0 rings (SSSR count). The van der Waals surface area contributed by atoms with Crippen LogP contribution in [0.25, 0.3) is 0 Å². The minimum Gasteiger partial charge on any atom is -0.462 e. The predicted molar refractivity (Wildman–Crippen MR) is 229 cm³/mol. The summed E-state index contributed by atoms with van der Waals surface area (Å²) in [6.45, 7) is 11.3. The van der Waals surface area contributed by atoms with E-state index in [1.165, 1.54) is 148 Å². The summed E-state index contributed by atoms with van der Waals surface area (Å²) in [5, 5.41) is 0. The SMILES string of the molecule is CCCCCCCCCCCCCCCCCCC(=O)OC[C@@H](COC(=O)CCCCCCCCCC(C)C)OC(=O)CCCCCCCCCC(C)C. The lowest BCUT2D eigenvalue weighted by molar-refractivity contribution is -0.167. The second-order valence-electron chi connectivity index (χ2n) is 17.3. The monoisotopic (exact) mass is 765 g/mol. The number of carbonyl (C=O) groups is 3. The molecule has 6 nitrogen and oxygen atoms in total. The zero-order chi connectivity index (χ0) is 39.7. The van der Waals surface area contributed by atoms with Crippen LogP contribution in [-0.4, -0.2) is 37.2 Å². The molecule has 1 atom stereocenters. The van der Waals surface area contributed by atoms with Crippen molar-refractivity contribution in [1.29, 1.82) is 0 Å². The summed E-state index contributed by atoms with van der Waals surface area (Å²) in [4.78, 5) is 37.7. The van der Waals surface area contributed by atoms with Gasteiger partial charge in [0.25, 0.3) is 0 Å². The summed E-state index contributed by atoms with van der Waals surface area (Å²) in [6, 6.07) is 0. The van der Waals surface area contributed by atoms with Crippen molar-refractivity contribution in [3.63, 3.8) is 0 Å². The largest absolute Gasteiger partial charge is 0.462 e. The Labute approximate surface area is 336 Å². The summed E-state index contributed by atoms with van der Waals surface area (Å²) in [7, 11) is 0. The lowest BCUT2D eigenvalue weighted by atomic mass is 10.0. The van der Waals surface area contributed by atoms with Gasteiger partial charge in [0.15, 0.2) is 6.10 Å². The third kappa shape index (κ3) is 41.6. The number of unbranched alkanes of at least 4 members (excludes halogenated alkanes) is 27. The van der Waals surface area contributed by atoms with E-state index in [1.54, 1.807) is 0 Å². The van der Waals surface area contributed by atoms with E-state index in [-0.39, 0.29) is 31.1 Å². The summed E-state index contributed by atoms with van der Waals surface area (Å²) in [5.74, 6) is 0.699. The first-order chi connectivity index (χ1) is 26.2. The molecule has 0 spiro atoms. The predicted octanol–water partition coefficient (Wildman–Crippen LogP) is 15.0. The first-order valence-corrected chi connectivity index (χ1v) is 23.7. The minimum atomic E-state index is -0.761. The summed E-state index contributed by atoms with van der Waals surface area (Å²) in [6.07, 6.45) is 39.6. The molecule has 0 aromatic heterocycles. The molecule has 0 aromatic rings. The molecule has 0 bridgehead atoms. The molecule has 0 saturated heterocycles. The van der Waals surface area contributed by atoms with Crippen molar-refractivity contribution in [2.45, 2.75) is 265 Å². The fraction of sp³-hybridized carbons (Fsp3) is 0.938. The second kappa shape index (κ2) is 41.1. The van der Waals surface area contributed by atoms with Crippen molar-refractivity contribution in [1.82, 2.24) is 0 Å². The van der Waals surface area contributed by atoms with E-state index >= 15 is 0 Å². The van der Waals surface area contributed by atoms with Gasteiger partial charge in [0, 0.05) is 19.3 Å². The van der Waals surface area contributed by atoms with Crippen LogP contribution in [0.15, 0.2) is 0 Å². The number of carbonyl (C=O) groups excluding carboxylic acids is 3. The lowest BCUT2D eigenvalue weighted by Crippen LogP contribution is -2.30. The topological polar surface area (TPSA) is 78.9 Å². The smallest absolute Gasteiger partial charge is 0.306 e. The van der Waals surface area contributed by atoms with Crippen LogP contribution in [0.4, 0.5) is 0 Å². The molecular weight excluding hydrogens is 673 g/mol. The summed E-state index contributed by atoms with van der Waals surface area (Å²) in [5.41, 5.74) is 0. The normalized spacial score (nSPS) is 12.1. The van der Waals surface area contributed by atoms with Crippen molar-refractivity contribution in [3.05, 3.63) is 0 Å². The molecule has 0 aliphatic rings. The Hall–Kier alpha value is -1.59. The average Bonchev–Trinajstić information content (AvgIpc) is 3.14. The number of hydrogen-bond donors (Lipinski definition) is 0. The van der Waals surface area contributed by atoms with Gasteiger partial charge in [0.05, 0.1) is 0 Å². The summed E-state index contributed by atoms with van der Waals surface area (Å²) >= 11 is 0. The second-order valence-corrected chi connectivity index (χ2v) is 17.3. The van der Waals surface area contributed by atoms with Gasteiger partial charge in [-0.15, -0.1) is 0 Å². The highest BCUT2D eigenvalue weighted by molar-refractivity contribution is 5.71. The van der Waals surface area contributed by atoms with Crippen LogP contribution in [0.2, 0.25) is 0 Å². The molecular formula is C48H92O6. The third-order valence-corrected chi connectivity index (χ3v) is 10.7. The van der Waals surface area contributed by atoms with Crippen LogP contribution >= 0.6 is 0 Å². The molecule has 0 saturated carbocycles. The van der Waals surface area contributed by atoms with Crippen LogP contribution < -0.4 is 0 Å². The zero-order valence-corrected chi connectivity index (χ0v) is 36.8. The van der Waals surface area contributed by atoms with Crippen molar-refractivity contribution >= 4 is 17.9 Å². The van der Waals surface area contributed by atoms with Crippen molar-refractivity contribution in [2.24, 2.45) is 11.8 Å². The van der Waals surface area contributed by atoms with E-state index in [2.05, 4.69) is 34.6 Å². The van der Waals surface area contributed by atoms with Gasteiger partial charge in [-0.25, -0.2) is 0 Å². The fourth-order valence-electron chi connectivity index (χ4n) is 7.11. The van der Waals surface area contributed by atoms with E-state index in [1.807, 2.05) is 0 Å². The Morgan fingerprint density at radius 3 is 0.907 bits per heavy atom. The van der Waals surface area contributed by atoms with Crippen molar-refractivity contribution in [2.75, 3.05) is 13.2 Å². The molecule has 0 aromatic carbocycles. The Kier molecular flexibility index (Phi) is 39.8. The van der Waals surface area contributed by atoms with Crippen molar-refractivity contribution in [3.8, 4) is 0 Å². The highest BCUT2D eigenvalue weighted by Crippen LogP contribution is 2.17. The van der Waals surface area contributed by atoms with Gasteiger partial charge in [0.1, 0.15) is 13.2 Å². The molecule has 0 N–H and O–H groups in total. The lowest BCUT2D eigenvalue weighted by Gasteiger charge is -2.18. The van der Waals surface area contributed by atoms with E-state index in [0.29, 0.717) is 19.3 Å². The average molecular weight is 765 g/mol. The molecule has 0 unspecified atom stereocenters. The van der Waals surface area contributed by atoms with Crippen LogP contribution in [0, 0.1) is 11.8 Å². The maximum atomic E-state index is 12.7. The number of hydrogen-bond acceptors (Lipinski definition) is 6. The number of rotatable bonds is 42. The molecule has 0 amide bonds. The molecule has 0 aliphatic carbocycles. The molecule has 6 heteroatoms. The highest BCUT2D eigenvalue weighted by Gasteiger charge is 2.19. The summed E-state index contributed by atoms with van der Waals surface area (Å²) < 4.78 is 16.7. The minimum absolute atomic E-state index is 0.0656. The quantitative estimate of drug-likeness (QED) is 0.0350. The fourth-order valence-corrected chi connectivity index (χ4v) is 7.11. The molecule has 0 heterocycles. The molecule has 0 fully saturated rings. The Balaban J connectivity index is 4.27. The first-order valence-electron chi connectivity index (χ1n) is 23.7. The van der Waals surface area contributed by atoms with Crippen molar-refractivity contribution < 1.29 is 28.6 Å². The Morgan fingerprint density at radius 2 is 0.611 bits per heavy atom. The molecule has 320 valence electrons. The van der Waals surface area contributed by atoms with Crippen LogP contribution in [-0.2, 0) is 28.6 Å². The third-order valence-electron chi connectivity index (χ3n) is 10.7. The highest BCUT2D eigenvalue weighted by atomic mass is 16.6. The van der Waals surface area contributed by atoms with E-state index in [0.717, 1.165) is 69.6 Å². The standard InChI is InChI=1S/C48H92O6/c1-6-7-8-9-10-11-12-13-14-15-16-17-18-23-28-33-38-46(49)52-41-45(54-48(51)40-35-30-25-20-22-27-32-37-44(4)5)42-53-47(50)39-34-29-24-19-21-26-31-36-43(2)3/h43-45H,6-42H2,1-5H3/t45-/m0/s1. The van der Waals surface area contributed by atoms with E-state index < -0.39 is 6.10 Å². The van der Waals surface area contributed by atoms with Crippen LogP contribution in [0.5, 0.6) is 0 Å². The first kappa shape index (κ1) is 52.4. The van der Waals surface area contributed by atoms with E-state index in [9.17, 15) is 14.4 Å². The van der Waals surface area contributed by atoms with Crippen LogP contribution in [0.3, 0.4) is 0 Å². The van der Waals surface area contributed by atoms with Gasteiger partial charge in [-0.3, -0.25) is 14.4 Å². The zero-order valence-electron chi connectivity index (χ0n) is 36.8. The van der Waals surface area contributed by atoms with Gasteiger partial charge in [-0.1, -0.05) is 221 Å². The molecule has 0 aliphatic heterocycles. The maximum absolute atomic E-state index is 12.7. The van der Waals surface area contributed by atoms with Gasteiger partial charge in [-0.05, 0) is 31.1 Å². The van der Waals surface area contributed by atoms with Gasteiger partial charge >= 0.3 is 17.9 Å².